The maximum Gasteiger partial charge on any atom is 0.573 e. The summed E-state index contributed by atoms with van der Waals surface area (Å²) in [4.78, 5) is 9.02. The molecule has 0 fully saturated rings. The summed E-state index contributed by atoms with van der Waals surface area (Å²) in [6.07, 6.45) is -3.89. The Morgan fingerprint density at radius 1 is 1.03 bits per heavy atom. The zero-order valence-electron chi connectivity index (χ0n) is 17.6. The van der Waals surface area contributed by atoms with Crippen molar-refractivity contribution in [2.45, 2.75) is 46.1 Å². The van der Waals surface area contributed by atoms with Gasteiger partial charge in [-0.2, -0.15) is 4.98 Å². The minimum Gasteiger partial charge on any atom is -0.406 e. The Balaban J connectivity index is 1.90. The van der Waals surface area contributed by atoms with Crippen molar-refractivity contribution < 1.29 is 17.9 Å². The molecule has 1 atom stereocenters. The van der Waals surface area contributed by atoms with E-state index in [1.54, 1.807) is 12.1 Å². The Bertz CT molecular complexity index is 1020. The molecule has 0 aliphatic heterocycles. The van der Waals surface area contributed by atoms with Gasteiger partial charge >= 0.3 is 6.36 Å². The SMILES string of the molecule is CC[C@H](C)Nc1nc(NCc2cccc(C)c2)cc(-c2cccc(OC(F)(F)F)c2)n1. The van der Waals surface area contributed by atoms with Gasteiger partial charge < -0.3 is 15.4 Å². The molecule has 2 N–H and O–H groups in total. The standard InChI is InChI=1S/C23H25F3N4O/c1-4-16(3)28-22-29-20(18-9-6-10-19(12-18)31-23(24,25)26)13-21(30-22)27-14-17-8-5-7-15(2)11-17/h5-13,16H,4,14H2,1-3H3,(H2,27,28,29,30)/t16-/m0/s1. The summed E-state index contributed by atoms with van der Waals surface area (Å²) in [6.45, 7) is 6.62. The molecule has 31 heavy (non-hydrogen) atoms. The van der Waals surface area contributed by atoms with Crippen LogP contribution in [0.4, 0.5) is 24.9 Å². The molecule has 8 heteroatoms. The maximum atomic E-state index is 12.6. The lowest BCUT2D eigenvalue weighted by molar-refractivity contribution is -0.274. The smallest absolute Gasteiger partial charge is 0.406 e. The average molecular weight is 430 g/mol. The molecule has 3 aromatic rings. The molecule has 0 bridgehead atoms. The van der Waals surface area contributed by atoms with Gasteiger partial charge in [-0.3, -0.25) is 0 Å². The van der Waals surface area contributed by atoms with Crippen molar-refractivity contribution in [3.63, 3.8) is 0 Å². The Morgan fingerprint density at radius 2 is 1.81 bits per heavy atom. The highest BCUT2D eigenvalue weighted by Crippen LogP contribution is 2.29. The van der Waals surface area contributed by atoms with Crippen LogP contribution in [0.25, 0.3) is 11.3 Å². The van der Waals surface area contributed by atoms with Gasteiger partial charge in [0.05, 0.1) is 5.69 Å². The molecule has 3 rings (SSSR count). The number of anilines is 2. The summed E-state index contributed by atoms with van der Waals surface area (Å²) in [7, 11) is 0. The summed E-state index contributed by atoms with van der Waals surface area (Å²) in [6, 6.07) is 15.7. The quantitative estimate of drug-likeness (QED) is 0.447. The van der Waals surface area contributed by atoms with Crippen molar-refractivity contribution in [2.75, 3.05) is 10.6 Å². The van der Waals surface area contributed by atoms with E-state index in [4.69, 9.17) is 0 Å². The van der Waals surface area contributed by atoms with E-state index in [9.17, 15) is 13.2 Å². The van der Waals surface area contributed by atoms with E-state index in [1.807, 2.05) is 39.0 Å². The molecule has 0 spiro atoms. The molecule has 1 heterocycles. The van der Waals surface area contributed by atoms with Crippen molar-refractivity contribution in [1.29, 1.82) is 0 Å². The Kier molecular flexibility index (Phi) is 6.99. The number of halogens is 3. The maximum absolute atomic E-state index is 12.6. The second kappa shape index (κ2) is 9.68. The van der Waals surface area contributed by atoms with Gasteiger partial charge in [-0.25, -0.2) is 4.98 Å². The minimum atomic E-state index is -4.76. The zero-order valence-corrected chi connectivity index (χ0v) is 17.6. The normalized spacial score (nSPS) is 12.3. The predicted molar refractivity (Wildman–Crippen MR) is 116 cm³/mol. The molecule has 0 unspecified atom stereocenters. The highest BCUT2D eigenvalue weighted by Gasteiger charge is 2.31. The molecule has 0 saturated heterocycles. The number of nitrogens with one attached hydrogen (secondary N) is 2. The number of benzene rings is 2. The number of hydrogen-bond donors (Lipinski definition) is 2. The van der Waals surface area contributed by atoms with Crippen LogP contribution in [0.3, 0.4) is 0 Å². The zero-order chi connectivity index (χ0) is 22.4. The van der Waals surface area contributed by atoms with E-state index >= 15 is 0 Å². The van der Waals surface area contributed by atoms with Crippen LogP contribution in [-0.4, -0.2) is 22.4 Å². The summed E-state index contributed by atoms with van der Waals surface area (Å²) >= 11 is 0. The van der Waals surface area contributed by atoms with Crippen LogP contribution in [-0.2, 0) is 6.54 Å². The number of alkyl halides is 3. The van der Waals surface area contributed by atoms with Crippen molar-refractivity contribution >= 4 is 11.8 Å². The number of rotatable bonds is 8. The van der Waals surface area contributed by atoms with Gasteiger partial charge in [0.15, 0.2) is 0 Å². The Morgan fingerprint density at radius 3 is 2.52 bits per heavy atom. The first-order valence-electron chi connectivity index (χ1n) is 10.0. The molecule has 0 saturated carbocycles. The molecule has 0 radical (unpaired) electrons. The molecule has 164 valence electrons. The van der Waals surface area contributed by atoms with Crippen molar-refractivity contribution in [3.05, 3.63) is 65.7 Å². The second-order valence-electron chi connectivity index (χ2n) is 7.33. The van der Waals surface area contributed by atoms with Gasteiger partial charge in [-0.05, 0) is 38.0 Å². The molecule has 5 nitrogen and oxygen atoms in total. The largest absolute Gasteiger partial charge is 0.573 e. The minimum absolute atomic E-state index is 0.139. The van der Waals surface area contributed by atoms with E-state index < -0.39 is 6.36 Å². The van der Waals surface area contributed by atoms with Crippen LogP contribution in [0.1, 0.15) is 31.4 Å². The molecule has 0 aliphatic rings. The van der Waals surface area contributed by atoms with Crippen LogP contribution < -0.4 is 15.4 Å². The molecule has 0 aliphatic carbocycles. The number of aryl methyl sites for hydroxylation is 1. The fraction of sp³-hybridized carbons (Fsp3) is 0.304. The van der Waals surface area contributed by atoms with Gasteiger partial charge in [0.1, 0.15) is 11.6 Å². The molecule has 2 aromatic carbocycles. The first-order chi connectivity index (χ1) is 14.7. The molecular formula is C23H25F3N4O. The number of hydrogen-bond acceptors (Lipinski definition) is 5. The number of aromatic nitrogens is 2. The predicted octanol–water partition coefficient (Wildman–Crippen LogP) is 6.17. The van der Waals surface area contributed by atoms with E-state index in [1.165, 1.54) is 18.2 Å². The van der Waals surface area contributed by atoms with Crippen LogP contribution in [0, 0.1) is 6.92 Å². The highest BCUT2D eigenvalue weighted by atomic mass is 19.4. The lowest BCUT2D eigenvalue weighted by Gasteiger charge is -2.15. The summed E-state index contributed by atoms with van der Waals surface area (Å²) < 4.78 is 41.9. The van der Waals surface area contributed by atoms with Crippen LogP contribution in [0.15, 0.2) is 54.6 Å². The lowest BCUT2D eigenvalue weighted by Crippen LogP contribution is -2.17. The van der Waals surface area contributed by atoms with Crippen LogP contribution in [0.5, 0.6) is 5.75 Å². The van der Waals surface area contributed by atoms with E-state index in [0.29, 0.717) is 29.6 Å². The van der Waals surface area contributed by atoms with Gasteiger partial charge in [-0.1, -0.05) is 48.9 Å². The van der Waals surface area contributed by atoms with Gasteiger partial charge in [-0.15, -0.1) is 13.2 Å². The van der Waals surface area contributed by atoms with Crippen molar-refractivity contribution in [3.8, 4) is 17.0 Å². The van der Waals surface area contributed by atoms with Crippen molar-refractivity contribution in [2.24, 2.45) is 0 Å². The van der Waals surface area contributed by atoms with E-state index in [0.717, 1.165) is 17.5 Å². The van der Waals surface area contributed by atoms with E-state index in [-0.39, 0.29) is 11.8 Å². The van der Waals surface area contributed by atoms with Gasteiger partial charge in [0, 0.05) is 24.2 Å². The fourth-order valence-electron chi connectivity index (χ4n) is 2.94. The summed E-state index contributed by atoms with van der Waals surface area (Å²) in [5, 5.41) is 6.51. The first-order valence-corrected chi connectivity index (χ1v) is 10.0. The lowest BCUT2D eigenvalue weighted by atomic mass is 10.1. The Hall–Kier alpha value is -3.29. The number of ether oxygens (including phenoxy) is 1. The van der Waals surface area contributed by atoms with Gasteiger partial charge in [0.2, 0.25) is 5.95 Å². The molecule has 1 aromatic heterocycles. The van der Waals surface area contributed by atoms with E-state index in [2.05, 4.69) is 31.4 Å². The molecule has 0 amide bonds. The third kappa shape index (κ3) is 6.87. The third-order valence-electron chi connectivity index (χ3n) is 4.63. The number of nitrogens with zero attached hydrogens (tertiary/aromatic N) is 2. The fourth-order valence-corrected chi connectivity index (χ4v) is 2.94. The van der Waals surface area contributed by atoms with Crippen LogP contribution in [0.2, 0.25) is 0 Å². The second-order valence-corrected chi connectivity index (χ2v) is 7.33. The van der Waals surface area contributed by atoms with Crippen LogP contribution >= 0.6 is 0 Å². The Labute approximate surface area is 179 Å². The highest BCUT2D eigenvalue weighted by molar-refractivity contribution is 5.66. The topological polar surface area (TPSA) is 59.1 Å². The summed E-state index contributed by atoms with van der Waals surface area (Å²) in [5.74, 6) is 0.675. The first kappa shape index (κ1) is 22.4. The van der Waals surface area contributed by atoms with Gasteiger partial charge in [0.25, 0.3) is 0 Å². The van der Waals surface area contributed by atoms with Crippen molar-refractivity contribution in [1.82, 2.24) is 9.97 Å². The summed E-state index contributed by atoms with van der Waals surface area (Å²) in [5.41, 5.74) is 3.23. The monoisotopic (exact) mass is 430 g/mol. The average Bonchev–Trinajstić information content (AvgIpc) is 2.71. The molecular weight excluding hydrogens is 405 g/mol. The third-order valence-corrected chi connectivity index (χ3v) is 4.63.